The third-order valence-electron chi connectivity index (χ3n) is 6.16. The van der Waals surface area contributed by atoms with E-state index in [0.717, 1.165) is 36.3 Å². The smallest absolute Gasteiger partial charge is 0.249 e. The summed E-state index contributed by atoms with van der Waals surface area (Å²) < 4.78 is 1.83. The number of hydrogen-bond donors (Lipinski definition) is 0. The van der Waals surface area contributed by atoms with Gasteiger partial charge in [-0.05, 0) is 38.3 Å². The molecule has 0 bridgehead atoms. The lowest BCUT2D eigenvalue weighted by Crippen LogP contribution is -2.42. The molecule has 1 atom stereocenters. The Hall–Kier alpha value is -3.40. The van der Waals surface area contributed by atoms with Gasteiger partial charge in [0, 0.05) is 49.7 Å². The molecule has 5 heterocycles. The van der Waals surface area contributed by atoms with Crippen molar-refractivity contribution in [3.05, 3.63) is 54.1 Å². The average Bonchev–Trinajstić information content (AvgIpc) is 3.49. The lowest BCUT2D eigenvalue weighted by Gasteiger charge is -2.34. The summed E-state index contributed by atoms with van der Waals surface area (Å²) in [7, 11) is 0. The maximum atomic E-state index is 13.3. The molecule has 1 amide bonds. The minimum Gasteiger partial charge on any atom is -0.341 e. The molecule has 10 nitrogen and oxygen atoms in total. The van der Waals surface area contributed by atoms with Crippen LogP contribution < -0.4 is 4.90 Å². The fraction of sp³-hybridized carbons (Fsp3) is 0.455. The lowest BCUT2D eigenvalue weighted by molar-refractivity contribution is -0.182. The van der Waals surface area contributed by atoms with Crippen LogP contribution in [0.15, 0.2) is 37.1 Å². The fourth-order valence-corrected chi connectivity index (χ4v) is 4.31. The second kappa shape index (κ2) is 8.62. The third kappa shape index (κ3) is 3.93. The van der Waals surface area contributed by atoms with Crippen LogP contribution in [0.5, 0.6) is 0 Å². The number of pyridine rings is 1. The first-order chi connectivity index (χ1) is 15.6. The Morgan fingerprint density at radius 2 is 1.84 bits per heavy atom. The minimum atomic E-state index is -0.0811. The van der Waals surface area contributed by atoms with Crippen LogP contribution in [-0.4, -0.2) is 60.2 Å². The van der Waals surface area contributed by atoms with Crippen LogP contribution in [0.4, 0.5) is 5.95 Å². The predicted molar refractivity (Wildman–Crippen MR) is 116 cm³/mol. The molecule has 10 heteroatoms. The molecule has 0 N–H and O–H groups in total. The second-order valence-corrected chi connectivity index (χ2v) is 8.23. The van der Waals surface area contributed by atoms with Crippen molar-refractivity contribution in [2.45, 2.75) is 39.2 Å². The molecule has 2 aliphatic rings. The summed E-state index contributed by atoms with van der Waals surface area (Å²) in [5.74, 6) is 1.95. The minimum absolute atomic E-state index is 0.0538. The molecule has 166 valence electrons. The van der Waals surface area contributed by atoms with Crippen molar-refractivity contribution in [3.63, 3.8) is 0 Å². The largest absolute Gasteiger partial charge is 0.341 e. The highest BCUT2D eigenvalue weighted by Gasteiger charge is 2.37. The van der Waals surface area contributed by atoms with Crippen LogP contribution in [0.1, 0.15) is 42.4 Å². The topological polar surface area (TPSA) is 102 Å². The maximum Gasteiger partial charge on any atom is 0.249 e. The Morgan fingerprint density at radius 1 is 1.03 bits per heavy atom. The van der Waals surface area contributed by atoms with E-state index in [4.69, 9.17) is 4.84 Å². The van der Waals surface area contributed by atoms with E-state index in [0.29, 0.717) is 31.6 Å². The number of rotatable bonds is 4. The molecule has 0 saturated carbocycles. The van der Waals surface area contributed by atoms with Gasteiger partial charge in [0.25, 0.3) is 0 Å². The van der Waals surface area contributed by atoms with E-state index in [-0.39, 0.29) is 17.9 Å². The van der Waals surface area contributed by atoms with Gasteiger partial charge >= 0.3 is 0 Å². The molecule has 0 aliphatic carbocycles. The van der Waals surface area contributed by atoms with E-state index in [1.807, 2.05) is 42.9 Å². The van der Waals surface area contributed by atoms with Crippen LogP contribution >= 0.6 is 0 Å². The van der Waals surface area contributed by atoms with Gasteiger partial charge in [-0.1, -0.05) is 6.07 Å². The van der Waals surface area contributed by atoms with Gasteiger partial charge in [0.1, 0.15) is 12.2 Å². The van der Waals surface area contributed by atoms with Crippen molar-refractivity contribution >= 4 is 11.9 Å². The molecule has 32 heavy (non-hydrogen) atoms. The standard InChI is InChI=1S/C22H26N8O2/c1-15-3-4-18(13-24-15)19-7-12-32-30(19)20(31)17-5-9-28(10-6-17)21-25-14-26-22(27-21)29-11-8-23-16(29)2/h3-4,8,11,13-14,17,19H,5-7,9-10,12H2,1-2H3/t19-/m0/s1. The summed E-state index contributed by atoms with van der Waals surface area (Å²) in [6.45, 7) is 5.81. The summed E-state index contributed by atoms with van der Waals surface area (Å²) >= 11 is 0. The first-order valence-electron chi connectivity index (χ1n) is 10.9. The van der Waals surface area contributed by atoms with Gasteiger partial charge in [0.15, 0.2) is 0 Å². The molecule has 0 unspecified atom stereocenters. The molecule has 0 radical (unpaired) electrons. The fourth-order valence-electron chi connectivity index (χ4n) is 4.31. The molecule has 2 aliphatic heterocycles. The Labute approximate surface area is 186 Å². The van der Waals surface area contributed by atoms with Crippen LogP contribution in [0.25, 0.3) is 5.95 Å². The third-order valence-corrected chi connectivity index (χ3v) is 6.16. The van der Waals surface area contributed by atoms with Gasteiger partial charge in [-0.2, -0.15) is 4.98 Å². The van der Waals surface area contributed by atoms with Gasteiger partial charge in [-0.25, -0.2) is 20.0 Å². The molecule has 5 rings (SSSR count). The van der Waals surface area contributed by atoms with Gasteiger partial charge in [-0.15, -0.1) is 0 Å². The number of anilines is 1. The first-order valence-corrected chi connectivity index (χ1v) is 10.9. The predicted octanol–water partition coefficient (Wildman–Crippen LogP) is 2.19. The van der Waals surface area contributed by atoms with E-state index >= 15 is 0 Å². The van der Waals surface area contributed by atoms with Gasteiger partial charge in [-0.3, -0.25) is 19.2 Å². The van der Waals surface area contributed by atoms with E-state index in [9.17, 15) is 4.79 Å². The zero-order chi connectivity index (χ0) is 22.1. The quantitative estimate of drug-likeness (QED) is 0.616. The Kier molecular flexibility index (Phi) is 5.52. The highest BCUT2D eigenvalue weighted by Crippen LogP contribution is 2.33. The number of amides is 1. The number of aromatic nitrogens is 6. The summed E-state index contributed by atoms with van der Waals surface area (Å²) in [6.07, 6.45) is 9.15. The highest BCUT2D eigenvalue weighted by molar-refractivity contribution is 5.79. The molecular weight excluding hydrogens is 408 g/mol. The van der Waals surface area contributed by atoms with E-state index in [2.05, 4.69) is 29.8 Å². The van der Waals surface area contributed by atoms with Crippen molar-refractivity contribution in [2.75, 3.05) is 24.6 Å². The van der Waals surface area contributed by atoms with Crippen molar-refractivity contribution in [1.29, 1.82) is 0 Å². The normalized spacial score (nSPS) is 19.5. The number of piperidine rings is 1. The van der Waals surface area contributed by atoms with E-state index < -0.39 is 0 Å². The molecule has 3 aromatic rings. The van der Waals surface area contributed by atoms with Crippen molar-refractivity contribution in [2.24, 2.45) is 5.92 Å². The lowest BCUT2D eigenvalue weighted by atomic mass is 9.95. The zero-order valence-corrected chi connectivity index (χ0v) is 18.3. The Morgan fingerprint density at radius 3 is 2.56 bits per heavy atom. The first kappa shape index (κ1) is 20.5. The molecule has 2 fully saturated rings. The van der Waals surface area contributed by atoms with Gasteiger partial charge in [0.2, 0.25) is 17.8 Å². The average molecular weight is 435 g/mol. The SMILES string of the molecule is Cc1ccc([C@@H]2CCON2C(=O)C2CCN(c3ncnc(-n4ccnc4C)n3)CC2)cn1. The van der Waals surface area contributed by atoms with E-state index in [1.54, 1.807) is 11.3 Å². The number of hydrogen-bond acceptors (Lipinski definition) is 8. The maximum absolute atomic E-state index is 13.3. The molecule has 2 saturated heterocycles. The van der Waals surface area contributed by atoms with E-state index in [1.165, 1.54) is 6.33 Å². The van der Waals surface area contributed by atoms with Crippen molar-refractivity contribution in [1.82, 2.24) is 34.6 Å². The summed E-state index contributed by atoms with van der Waals surface area (Å²) in [5, 5.41) is 1.58. The van der Waals surface area contributed by atoms with Crippen LogP contribution in [0, 0.1) is 19.8 Å². The molecular formula is C22H26N8O2. The van der Waals surface area contributed by atoms with Crippen LogP contribution in [0.2, 0.25) is 0 Å². The number of carbonyl (C=O) groups is 1. The monoisotopic (exact) mass is 434 g/mol. The molecule has 3 aromatic heterocycles. The zero-order valence-electron chi connectivity index (χ0n) is 18.3. The molecule has 0 aromatic carbocycles. The molecule has 0 spiro atoms. The Bertz CT molecular complexity index is 1090. The summed E-state index contributed by atoms with van der Waals surface area (Å²) in [6, 6.07) is 3.94. The second-order valence-electron chi connectivity index (χ2n) is 8.23. The number of aryl methyl sites for hydroxylation is 2. The number of imidazole rings is 1. The number of hydroxylamine groups is 2. The van der Waals surface area contributed by atoms with Crippen LogP contribution in [-0.2, 0) is 9.63 Å². The summed E-state index contributed by atoms with van der Waals surface area (Å²) in [4.78, 5) is 42.9. The van der Waals surface area contributed by atoms with Crippen molar-refractivity contribution < 1.29 is 9.63 Å². The van der Waals surface area contributed by atoms with Crippen LogP contribution in [0.3, 0.4) is 0 Å². The number of nitrogens with zero attached hydrogens (tertiary/aromatic N) is 8. The van der Waals surface area contributed by atoms with Gasteiger partial charge in [0.05, 0.1) is 12.6 Å². The highest BCUT2D eigenvalue weighted by atomic mass is 16.7. The number of carbonyl (C=O) groups excluding carboxylic acids is 1. The van der Waals surface area contributed by atoms with Gasteiger partial charge < -0.3 is 4.90 Å². The van der Waals surface area contributed by atoms with Crippen molar-refractivity contribution in [3.8, 4) is 5.95 Å². The summed E-state index contributed by atoms with van der Waals surface area (Å²) in [5.41, 5.74) is 1.98. The Balaban J connectivity index is 1.24.